The van der Waals surface area contributed by atoms with Crippen LogP contribution in [0.4, 0.5) is 0 Å². The standard InChI is InChI=1S/C14H26O7/c1-3-5-7-20-13-11(18)9(16)10(17)12(19)14(13)21-8(15)6-4-2/h9-14,16-19H,3-7H2,1-2H3/t9-,10-,11+,12+,13-,14+/m0/s1. The van der Waals surface area contributed by atoms with Crippen LogP contribution in [0.15, 0.2) is 0 Å². The van der Waals surface area contributed by atoms with E-state index in [4.69, 9.17) is 9.47 Å². The maximum atomic E-state index is 11.6. The number of unbranched alkanes of at least 4 members (excludes halogenated alkanes) is 1. The second-order valence-electron chi connectivity index (χ2n) is 5.36. The van der Waals surface area contributed by atoms with E-state index in [1.165, 1.54) is 0 Å². The molecule has 0 unspecified atom stereocenters. The van der Waals surface area contributed by atoms with Crippen molar-refractivity contribution in [2.75, 3.05) is 6.61 Å². The zero-order valence-corrected chi connectivity index (χ0v) is 12.5. The summed E-state index contributed by atoms with van der Waals surface area (Å²) in [6.07, 6.45) is -5.99. The summed E-state index contributed by atoms with van der Waals surface area (Å²) in [6, 6.07) is 0. The normalized spacial score (nSPS) is 36.5. The van der Waals surface area contributed by atoms with E-state index >= 15 is 0 Å². The highest BCUT2D eigenvalue weighted by atomic mass is 16.6. The summed E-state index contributed by atoms with van der Waals surface area (Å²) in [5, 5.41) is 39.4. The summed E-state index contributed by atoms with van der Waals surface area (Å²) >= 11 is 0. The molecule has 0 aromatic rings. The smallest absolute Gasteiger partial charge is 0.306 e. The number of aliphatic hydroxyl groups is 4. The number of carbonyl (C=O) groups is 1. The van der Waals surface area contributed by atoms with Crippen molar-refractivity contribution >= 4 is 5.97 Å². The third kappa shape index (κ3) is 4.62. The predicted molar refractivity (Wildman–Crippen MR) is 73.5 cm³/mol. The number of hydrogen-bond acceptors (Lipinski definition) is 7. The highest BCUT2D eigenvalue weighted by molar-refractivity contribution is 5.69. The van der Waals surface area contributed by atoms with Gasteiger partial charge in [-0.1, -0.05) is 20.3 Å². The molecule has 6 atom stereocenters. The molecule has 0 aromatic heterocycles. The lowest BCUT2D eigenvalue weighted by Gasteiger charge is -2.43. The molecule has 4 N–H and O–H groups in total. The number of esters is 1. The first-order chi connectivity index (χ1) is 9.93. The monoisotopic (exact) mass is 306 g/mol. The van der Waals surface area contributed by atoms with Gasteiger partial charge in [-0.3, -0.25) is 4.79 Å². The third-order valence-electron chi connectivity index (χ3n) is 3.58. The van der Waals surface area contributed by atoms with E-state index in [2.05, 4.69) is 0 Å². The minimum absolute atomic E-state index is 0.166. The third-order valence-corrected chi connectivity index (χ3v) is 3.58. The quantitative estimate of drug-likeness (QED) is 0.364. The van der Waals surface area contributed by atoms with Crippen LogP contribution < -0.4 is 0 Å². The van der Waals surface area contributed by atoms with E-state index in [1.54, 1.807) is 6.92 Å². The molecule has 0 heterocycles. The van der Waals surface area contributed by atoms with Crippen LogP contribution >= 0.6 is 0 Å². The first-order valence-corrected chi connectivity index (χ1v) is 7.47. The van der Waals surface area contributed by atoms with Crippen molar-refractivity contribution < 1.29 is 34.7 Å². The first kappa shape index (κ1) is 18.3. The molecule has 21 heavy (non-hydrogen) atoms. The molecule has 0 aromatic carbocycles. The second-order valence-corrected chi connectivity index (χ2v) is 5.36. The van der Waals surface area contributed by atoms with Crippen molar-refractivity contribution in [3.8, 4) is 0 Å². The van der Waals surface area contributed by atoms with Crippen LogP contribution in [0.3, 0.4) is 0 Å². The Morgan fingerprint density at radius 3 is 2.00 bits per heavy atom. The van der Waals surface area contributed by atoms with Crippen LogP contribution in [-0.2, 0) is 14.3 Å². The van der Waals surface area contributed by atoms with Crippen LogP contribution in [0.5, 0.6) is 0 Å². The molecule has 1 fully saturated rings. The minimum atomic E-state index is -1.59. The average Bonchev–Trinajstić information content (AvgIpc) is 2.46. The molecule has 1 aliphatic rings. The summed E-state index contributed by atoms with van der Waals surface area (Å²) in [7, 11) is 0. The Labute approximate surface area is 124 Å². The Hall–Kier alpha value is -0.730. The molecule has 1 rings (SSSR count). The Kier molecular flexibility index (Phi) is 7.55. The molecule has 0 amide bonds. The van der Waals surface area contributed by atoms with Gasteiger partial charge in [0.1, 0.15) is 30.5 Å². The van der Waals surface area contributed by atoms with Gasteiger partial charge < -0.3 is 29.9 Å². The molecule has 1 aliphatic carbocycles. The van der Waals surface area contributed by atoms with Crippen LogP contribution in [0.25, 0.3) is 0 Å². The Morgan fingerprint density at radius 1 is 0.905 bits per heavy atom. The van der Waals surface area contributed by atoms with Crippen molar-refractivity contribution in [1.82, 2.24) is 0 Å². The van der Waals surface area contributed by atoms with Gasteiger partial charge in [0.25, 0.3) is 0 Å². The fourth-order valence-electron chi connectivity index (χ4n) is 2.29. The molecule has 0 aliphatic heterocycles. The summed E-state index contributed by atoms with van der Waals surface area (Å²) in [4.78, 5) is 11.6. The largest absolute Gasteiger partial charge is 0.457 e. The lowest BCUT2D eigenvalue weighted by atomic mass is 9.84. The van der Waals surface area contributed by atoms with Crippen molar-refractivity contribution in [2.24, 2.45) is 0 Å². The molecule has 124 valence electrons. The van der Waals surface area contributed by atoms with Crippen LogP contribution in [0.1, 0.15) is 39.5 Å². The molecule has 1 saturated carbocycles. The Bertz CT molecular complexity index is 322. The molecule has 7 nitrogen and oxygen atoms in total. The molecular weight excluding hydrogens is 280 g/mol. The minimum Gasteiger partial charge on any atom is -0.457 e. The van der Waals surface area contributed by atoms with Crippen molar-refractivity contribution in [3.63, 3.8) is 0 Å². The number of aliphatic hydroxyl groups excluding tert-OH is 4. The van der Waals surface area contributed by atoms with E-state index in [1.807, 2.05) is 6.92 Å². The Morgan fingerprint density at radius 2 is 1.48 bits per heavy atom. The zero-order chi connectivity index (χ0) is 16.0. The number of carbonyl (C=O) groups excluding carboxylic acids is 1. The van der Waals surface area contributed by atoms with Gasteiger partial charge in [0.2, 0.25) is 0 Å². The fraction of sp³-hybridized carbons (Fsp3) is 0.929. The van der Waals surface area contributed by atoms with Crippen LogP contribution in [0, 0.1) is 0 Å². The topological polar surface area (TPSA) is 116 Å². The van der Waals surface area contributed by atoms with E-state index in [0.717, 1.165) is 12.8 Å². The highest BCUT2D eigenvalue weighted by Gasteiger charge is 2.51. The molecule has 0 bridgehead atoms. The lowest BCUT2D eigenvalue weighted by Crippen LogP contribution is -2.65. The summed E-state index contributed by atoms with van der Waals surface area (Å²) in [6.45, 7) is 4.07. The summed E-state index contributed by atoms with van der Waals surface area (Å²) in [5.41, 5.74) is 0. The van der Waals surface area contributed by atoms with Gasteiger partial charge in [-0.05, 0) is 12.8 Å². The van der Waals surface area contributed by atoms with Gasteiger partial charge in [0.15, 0.2) is 6.10 Å². The Balaban J connectivity index is 2.80. The summed E-state index contributed by atoms with van der Waals surface area (Å²) in [5.74, 6) is -0.540. The van der Waals surface area contributed by atoms with Gasteiger partial charge >= 0.3 is 5.97 Å². The molecule has 0 radical (unpaired) electrons. The molecule has 7 heteroatoms. The predicted octanol–water partition coefficient (Wildman–Crippen LogP) is -0.659. The molecule has 0 saturated heterocycles. The van der Waals surface area contributed by atoms with E-state index in [9.17, 15) is 25.2 Å². The van der Waals surface area contributed by atoms with Crippen LogP contribution in [0.2, 0.25) is 0 Å². The maximum absolute atomic E-state index is 11.6. The first-order valence-electron chi connectivity index (χ1n) is 7.47. The highest BCUT2D eigenvalue weighted by Crippen LogP contribution is 2.27. The zero-order valence-electron chi connectivity index (χ0n) is 12.5. The molecule has 0 spiro atoms. The maximum Gasteiger partial charge on any atom is 0.306 e. The van der Waals surface area contributed by atoms with Gasteiger partial charge in [-0.2, -0.15) is 0 Å². The fourth-order valence-corrected chi connectivity index (χ4v) is 2.29. The van der Waals surface area contributed by atoms with Gasteiger partial charge in [0, 0.05) is 13.0 Å². The van der Waals surface area contributed by atoms with Crippen molar-refractivity contribution in [2.45, 2.75) is 76.2 Å². The lowest BCUT2D eigenvalue weighted by molar-refractivity contribution is -0.243. The van der Waals surface area contributed by atoms with E-state index < -0.39 is 42.6 Å². The second kappa shape index (κ2) is 8.65. The van der Waals surface area contributed by atoms with Gasteiger partial charge in [0.05, 0.1) is 0 Å². The number of ether oxygens (including phenoxy) is 2. The van der Waals surface area contributed by atoms with E-state index in [0.29, 0.717) is 13.0 Å². The van der Waals surface area contributed by atoms with Crippen molar-refractivity contribution in [1.29, 1.82) is 0 Å². The SMILES string of the molecule is CCCCO[C@H]1[C@H](O)[C@@H](O)[C@H](O)[C@@H](O)[C@H]1OC(=O)CCC. The van der Waals surface area contributed by atoms with Gasteiger partial charge in [-0.25, -0.2) is 0 Å². The summed E-state index contributed by atoms with van der Waals surface area (Å²) < 4.78 is 10.6. The average molecular weight is 306 g/mol. The molecular formula is C14H26O7. The van der Waals surface area contributed by atoms with Crippen LogP contribution in [-0.4, -0.2) is 69.6 Å². The number of rotatable bonds is 7. The van der Waals surface area contributed by atoms with Gasteiger partial charge in [-0.15, -0.1) is 0 Å². The van der Waals surface area contributed by atoms with Crippen molar-refractivity contribution in [3.05, 3.63) is 0 Å². The number of hydrogen-bond donors (Lipinski definition) is 4. The van der Waals surface area contributed by atoms with E-state index in [-0.39, 0.29) is 6.42 Å².